The number of ether oxygens (including phenoxy) is 2. The highest BCUT2D eigenvalue weighted by Gasteiger charge is 2.24. The molecule has 1 fully saturated rings. The highest BCUT2D eigenvalue weighted by atomic mass is 35.5. The number of pyridine rings is 2. The average molecular weight is 500 g/mol. The molecule has 182 valence electrons. The first-order chi connectivity index (χ1) is 17.0. The summed E-state index contributed by atoms with van der Waals surface area (Å²) in [4.78, 5) is 9.25. The topological polar surface area (TPSA) is 74.1 Å². The van der Waals surface area contributed by atoms with Crippen LogP contribution in [0.3, 0.4) is 0 Å². The van der Waals surface area contributed by atoms with Gasteiger partial charge in [0.1, 0.15) is 23.6 Å². The number of anilines is 1. The molecule has 0 radical (unpaired) electrons. The lowest BCUT2D eigenvalue weighted by atomic mass is 10.0. The second-order valence-electron chi connectivity index (χ2n) is 8.32. The van der Waals surface area contributed by atoms with Gasteiger partial charge in [-0.15, -0.1) is 0 Å². The molecule has 1 unspecified atom stereocenters. The third-order valence-electron chi connectivity index (χ3n) is 5.90. The summed E-state index contributed by atoms with van der Waals surface area (Å²) in [5.74, 6) is -1.58. The van der Waals surface area contributed by atoms with Crippen LogP contribution in [0.5, 0.6) is 0 Å². The molecule has 1 aliphatic heterocycles. The van der Waals surface area contributed by atoms with Crippen LogP contribution in [-0.4, -0.2) is 46.6 Å². The van der Waals surface area contributed by atoms with Gasteiger partial charge in [-0.05, 0) is 43.5 Å². The Morgan fingerprint density at radius 3 is 2.83 bits per heavy atom. The molecule has 1 aliphatic rings. The van der Waals surface area contributed by atoms with Crippen LogP contribution in [0.1, 0.15) is 25.5 Å². The summed E-state index contributed by atoms with van der Waals surface area (Å²) in [5, 5.41) is 7.71. The van der Waals surface area contributed by atoms with Crippen molar-refractivity contribution in [2.75, 3.05) is 32.2 Å². The number of hydrogen-bond acceptors (Lipinski definition) is 6. The molecule has 10 heteroatoms. The van der Waals surface area contributed by atoms with Gasteiger partial charge in [-0.2, -0.15) is 5.10 Å². The van der Waals surface area contributed by atoms with Gasteiger partial charge in [-0.25, -0.2) is 18.4 Å². The highest BCUT2D eigenvalue weighted by molar-refractivity contribution is 6.31. The quantitative estimate of drug-likeness (QED) is 0.254. The maximum absolute atomic E-state index is 14.9. The molecule has 0 amide bonds. The number of methoxy groups -OCH3 is 1. The van der Waals surface area contributed by atoms with Gasteiger partial charge >= 0.3 is 0 Å². The maximum Gasteiger partial charge on any atom is 0.150 e. The first-order valence-electron chi connectivity index (χ1n) is 11.4. The van der Waals surface area contributed by atoms with Crippen molar-refractivity contribution in [3.8, 4) is 22.5 Å². The van der Waals surface area contributed by atoms with Crippen molar-refractivity contribution in [2.24, 2.45) is 0 Å². The minimum Gasteiger partial charge on any atom is -0.383 e. The first-order valence-corrected chi connectivity index (χ1v) is 11.8. The standard InChI is InChI=1S/C25H24ClF2N5O2/c1-34-9-7-29-15-10-23-22(30-13-15)6-5-21(31-23)17-14-33(24-4-2-3-8-35-24)32-25(17)16-11-18(26)20(28)12-19(16)27/h5-6,10-14,24,29H,2-4,7-9H2,1H3. The molecule has 1 saturated heterocycles. The Morgan fingerprint density at radius 2 is 2.03 bits per heavy atom. The summed E-state index contributed by atoms with van der Waals surface area (Å²) in [6.45, 7) is 1.82. The molecule has 5 rings (SSSR count). The molecule has 1 aromatic carbocycles. The monoisotopic (exact) mass is 499 g/mol. The third-order valence-corrected chi connectivity index (χ3v) is 6.19. The van der Waals surface area contributed by atoms with E-state index in [-0.39, 0.29) is 16.8 Å². The van der Waals surface area contributed by atoms with E-state index in [1.165, 1.54) is 6.07 Å². The normalized spacial score (nSPS) is 16.1. The van der Waals surface area contributed by atoms with E-state index in [9.17, 15) is 8.78 Å². The first kappa shape index (κ1) is 23.6. The fourth-order valence-corrected chi connectivity index (χ4v) is 4.28. The number of hydrogen-bond donors (Lipinski definition) is 1. The Balaban J connectivity index is 1.60. The van der Waals surface area contributed by atoms with E-state index in [0.29, 0.717) is 47.7 Å². The largest absolute Gasteiger partial charge is 0.383 e. The molecule has 7 nitrogen and oxygen atoms in total. The van der Waals surface area contributed by atoms with Gasteiger partial charge in [0.2, 0.25) is 0 Å². The van der Waals surface area contributed by atoms with Crippen LogP contribution in [0.15, 0.2) is 42.7 Å². The second kappa shape index (κ2) is 10.2. The van der Waals surface area contributed by atoms with Crippen LogP contribution in [0.4, 0.5) is 14.5 Å². The van der Waals surface area contributed by atoms with Crippen LogP contribution in [0.25, 0.3) is 33.5 Å². The van der Waals surface area contributed by atoms with Gasteiger partial charge in [0.25, 0.3) is 0 Å². The molecule has 3 aromatic heterocycles. The van der Waals surface area contributed by atoms with E-state index in [4.69, 9.17) is 26.1 Å². The van der Waals surface area contributed by atoms with Crippen molar-refractivity contribution < 1.29 is 18.3 Å². The number of nitrogens with one attached hydrogen (secondary N) is 1. The number of nitrogens with zero attached hydrogens (tertiary/aromatic N) is 4. The molecule has 0 bridgehead atoms. The number of rotatable bonds is 7. The van der Waals surface area contributed by atoms with Gasteiger partial charge in [0, 0.05) is 43.7 Å². The van der Waals surface area contributed by atoms with Gasteiger partial charge < -0.3 is 14.8 Å². The van der Waals surface area contributed by atoms with Crippen molar-refractivity contribution >= 4 is 28.3 Å². The summed E-state index contributed by atoms with van der Waals surface area (Å²) in [7, 11) is 1.64. The Hall–Kier alpha value is -3.14. The van der Waals surface area contributed by atoms with E-state index in [2.05, 4.69) is 15.4 Å². The molecular weight excluding hydrogens is 476 g/mol. The SMILES string of the molecule is COCCNc1cnc2ccc(-c3cn(C4CCCCO4)nc3-c3cc(Cl)c(F)cc3F)nc2c1. The van der Waals surface area contributed by atoms with E-state index in [1.54, 1.807) is 24.2 Å². The zero-order valence-corrected chi connectivity index (χ0v) is 19.9. The summed E-state index contributed by atoms with van der Waals surface area (Å²) in [5.41, 5.74) is 3.75. The Kier molecular flexibility index (Phi) is 6.90. The molecule has 0 saturated carbocycles. The van der Waals surface area contributed by atoms with Crippen LogP contribution in [0, 0.1) is 11.6 Å². The minimum atomic E-state index is -0.826. The lowest BCUT2D eigenvalue weighted by molar-refractivity contribution is -0.0393. The zero-order chi connectivity index (χ0) is 24.4. The lowest BCUT2D eigenvalue weighted by Gasteiger charge is -2.22. The van der Waals surface area contributed by atoms with Crippen LogP contribution < -0.4 is 5.32 Å². The summed E-state index contributed by atoms with van der Waals surface area (Å²) >= 11 is 6.00. The minimum absolute atomic E-state index is 0.0935. The fraction of sp³-hybridized carbons (Fsp3) is 0.320. The average Bonchev–Trinajstić information content (AvgIpc) is 3.32. The van der Waals surface area contributed by atoms with Gasteiger partial charge in [-0.1, -0.05) is 11.6 Å². The Morgan fingerprint density at radius 1 is 1.14 bits per heavy atom. The second-order valence-corrected chi connectivity index (χ2v) is 8.72. The molecule has 0 aliphatic carbocycles. The molecule has 1 N–H and O–H groups in total. The van der Waals surface area contributed by atoms with Crippen molar-refractivity contribution in [3.63, 3.8) is 0 Å². The van der Waals surface area contributed by atoms with Gasteiger partial charge in [0.15, 0.2) is 0 Å². The van der Waals surface area contributed by atoms with E-state index in [1.807, 2.05) is 18.2 Å². The van der Waals surface area contributed by atoms with Gasteiger partial charge in [0.05, 0.1) is 40.2 Å². The number of benzene rings is 1. The summed E-state index contributed by atoms with van der Waals surface area (Å²) < 4.78 is 41.4. The molecule has 4 aromatic rings. The van der Waals surface area contributed by atoms with Crippen LogP contribution in [0.2, 0.25) is 5.02 Å². The Labute approximate surface area is 206 Å². The number of fused-ring (bicyclic) bond motifs is 1. The van der Waals surface area contributed by atoms with E-state index in [0.717, 1.165) is 31.0 Å². The highest BCUT2D eigenvalue weighted by Crippen LogP contribution is 2.36. The van der Waals surface area contributed by atoms with Crippen LogP contribution >= 0.6 is 11.6 Å². The molecule has 4 heterocycles. The predicted octanol–water partition coefficient (Wildman–Crippen LogP) is 5.85. The van der Waals surface area contributed by atoms with E-state index < -0.39 is 11.6 Å². The van der Waals surface area contributed by atoms with Crippen molar-refractivity contribution in [2.45, 2.75) is 25.5 Å². The molecule has 1 atom stereocenters. The van der Waals surface area contributed by atoms with Gasteiger partial charge in [-0.3, -0.25) is 4.98 Å². The molecule has 0 spiro atoms. The van der Waals surface area contributed by atoms with Crippen molar-refractivity contribution in [1.29, 1.82) is 0 Å². The lowest BCUT2D eigenvalue weighted by Crippen LogP contribution is -2.18. The number of halogens is 3. The van der Waals surface area contributed by atoms with Crippen molar-refractivity contribution in [3.05, 3.63) is 59.4 Å². The maximum atomic E-state index is 14.9. The molecular formula is C25H24ClF2N5O2. The van der Waals surface area contributed by atoms with Crippen LogP contribution in [-0.2, 0) is 9.47 Å². The predicted molar refractivity (Wildman–Crippen MR) is 130 cm³/mol. The molecule has 35 heavy (non-hydrogen) atoms. The Bertz CT molecular complexity index is 1360. The third kappa shape index (κ3) is 4.98. The zero-order valence-electron chi connectivity index (χ0n) is 19.1. The summed E-state index contributed by atoms with van der Waals surface area (Å²) in [6.07, 6.45) is 6.04. The summed E-state index contributed by atoms with van der Waals surface area (Å²) in [6, 6.07) is 7.58. The van der Waals surface area contributed by atoms with Crippen molar-refractivity contribution in [1.82, 2.24) is 19.7 Å². The number of aromatic nitrogens is 4. The van der Waals surface area contributed by atoms with E-state index >= 15 is 0 Å². The smallest absolute Gasteiger partial charge is 0.150 e. The fourth-order valence-electron chi connectivity index (χ4n) is 4.11.